The maximum Gasteiger partial charge on any atom is 0.321 e. The number of hydrogen-bond donors (Lipinski definition) is 2. The van der Waals surface area contributed by atoms with Crippen molar-refractivity contribution in [2.75, 3.05) is 6.54 Å². The van der Waals surface area contributed by atoms with E-state index in [1.54, 1.807) is 6.07 Å². The van der Waals surface area contributed by atoms with Crippen LogP contribution in [0, 0.1) is 5.82 Å². The number of carbonyl (C=O) groups is 1. The summed E-state index contributed by atoms with van der Waals surface area (Å²) >= 11 is 5.58. The lowest BCUT2D eigenvalue weighted by molar-refractivity contribution is -0.139. The van der Waals surface area contributed by atoms with Gasteiger partial charge in [0.2, 0.25) is 0 Å². The molecular weight excluding hydrogens is 233 g/mol. The van der Waals surface area contributed by atoms with Crippen molar-refractivity contribution >= 4 is 17.6 Å². The molecule has 0 amide bonds. The number of hydrogen-bond acceptors (Lipinski definition) is 2. The summed E-state index contributed by atoms with van der Waals surface area (Å²) in [5, 5.41) is 11.9. The van der Waals surface area contributed by atoms with Crippen LogP contribution >= 0.6 is 11.6 Å². The van der Waals surface area contributed by atoms with Gasteiger partial charge in [0.15, 0.2) is 0 Å². The highest BCUT2D eigenvalue weighted by Gasteiger charge is 2.33. The quantitative estimate of drug-likeness (QED) is 0.836. The Morgan fingerprint density at radius 3 is 2.94 bits per heavy atom. The zero-order valence-corrected chi connectivity index (χ0v) is 9.17. The number of benzene rings is 1. The zero-order chi connectivity index (χ0) is 11.7. The van der Waals surface area contributed by atoms with E-state index >= 15 is 0 Å². The fourth-order valence-electron chi connectivity index (χ4n) is 2.06. The minimum atomic E-state index is -0.905. The van der Waals surface area contributed by atoms with Crippen LogP contribution < -0.4 is 5.32 Å². The average Bonchev–Trinajstić information content (AvgIpc) is 2.71. The Balaban J connectivity index is 2.29. The second kappa shape index (κ2) is 4.39. The van der Waals surface area contributed by atoms with Gasteiger partial charge in [0.1, 0.15) is 11.9 Å². The van der Waals surface area contributed by atoms with Crippen molar-refractivity contribution in [3.63, 3.8) is 0 Å². The van der Waals surface area contributed by atoms with Crippen molar-refractivity contribution in [1.82, 2.24) is 5.32 Å². The average molecular weight is 244 g/mol. The van der Waals surface area contributed by atoms with Gasteiger partial charge in [0.25, 0.3) is 0 Å². The van der Waals surface area contributed by atoms with Crippen LogP contribution in [-0.2, 0) is 4.79 Å². The molecule has 2 atom stereocenters. The maximum absolute atomic E-state index is 13.3. The first-order valence-electron chi connectivity index (χ1n) is 5.00. The molecule has 0 bridgehead atoms. The van der Waals surface area contributed by atoms with Crippen LogP contribution in [0.15, 0.2) is 18.2 Å². The summed E-state index contributed by atoms with van der Waals surface area (Å²) in [7, 11) is 0. The highest BCUT2D eigenvalue weighted by Crippen LogP contribution is 2.29. The number of aliphatic carboxylic acids is 1. The van der Waals surface area contributed by atoms with Gasteiger partial charge in [-0.3, -0.25) is 4.79 Å². The van der Waals surface area contributed by atoms with Crippen LogP contribution in [0.1, 0.15) is 17.9 Å². The molecule has 0 spiro atoms. The normalized spacial score (nSPS) is 24.6. The second-order valence-corrected chi connectivity index (χ2v) is 4.25. The van der Waals surface area contributed by atoms with Gasteiger partial charge in [0, 0.05) is 5.92 Å². The predicted octanol–water partition coefficient (Wildman–Crippen LogP) is 2.01. The monoisotopic (exact) mass is 243 g/mol. The molecule has 1 fully saturated rings. The van der Waals surface area contributed by atoms with Crippen molar-refractivity contribution in [1.29, 1.82) is 0 Å². The van der Waals surface area contributed by atoms with Gasteiger partial charge in [-0.25, -0.2) is 4.39 Å². The highest BCUT2D eigenvalue weighted by atomic mass is 35.5. The van der Waals surface area contributed by atoms with Crippen LogP contribution in [0.2, 0.25) is 5.02 Å². The third-order valence-electron chi connectivity index (χ3n) is 2.86. The second-order valence-electron chi connectivity index (χ2n) is 3.84. The summed E-state index contributed by atoms with van der Waals surface area (Å²) in [5.74, 6) is -1.60. The zero-order valence-electron chi connectivity index (χ0n) is 8.41. The van der Waals surface area contributed by atoms with Gasteiger partial charge in [-0.05, 0) is 30.7 Å². The fourth-order valence-corrected chi connectivity index (χ4v) is 2.18. The van der Waals surface area contributed by atoms with Gasteiger partial charge < -0.3 is 10.4 Å². The van der Waals surface area contributed by atoms with Gasteiger partial charge in [-0.1, -0.05) is 17.7 Å². The summed E-state index contributed by atoms with van der Waals surface area (Å²) in [6.07, 6.45) is 0.692. The summed E-state index contributed by atoms with van der Waals surface area (Å²) < 4.78 is 13.3. The Hall–Kier alpha value is -1.13. The maximum atomic E-state index is 13.3. The molecule has 1 saturated heterocycles. The molecular formula is C11H11ClFNO2. The smallest absolute Gasteiger partial charge is 0.321 e. The van der Waals surface area contributed by atoms with E-state index in [-0.39, 0.29) is 10.9 Å². The van der Waals surface area contributed by atoms with Gasteiger partial charge in [-0.2, -0.15) is 0 Å². The summed E-state index contributed by atoms with van der Waals surface area (Å²) in [6.45, 7) is 0.631. The van der Waals surface area contributed by atoms with E-state index in [0.29, 0.717) is 18.5 Å². The molecule has 3 nitrogen and oxygen atoms in total. The summed E-state index contributed by atoms with van der Waals surface area (Å²) in [4.78, 5) is 11.0. The molecule has 86 valence electrons. The first-order chi connectivity index (χ1) is 7.59. The minimum Gasteiger partial charge on any atom is -0.480 e. The third kappa shape index (κ3) is 2.03. The van der Waals surface area contributed by atoms with Crippen molar-refractivity contribution in [3.8, 4) is 0 Å². The van der Waals surface area contributed by atoms with E-state index in [9.17, 15) is 9.18 Å². The molecule has 2 N–H and O–H groups in total. The largest absolute Gasteiger partial charge is 0.480 e. The molecule has 1 aromatic carbocycles. The Morgan fingerprint density at radius 1 is 1.56 bits per heavy atom. The van der Waals surface area contributed by atoms with Gasteiger partial charge in [0.05, 0.1) is 5.02 Å². The molecule has 0 aliphatic carbocycles. The van der Waals surface area contributed by atoms with Crippen molar-refractivity contribution in [2.24, 2.45) is 0 Å². The lowest BCUT2D eigenvalue weighted by Crippen LogP contribution is -2.34. The molecule has 1 aliphatic heterocycles. The Kier molecular flexibility index (Phi) is 3.12. The Morgan fingerprint density at radius 2 is 2.31 bits per heavy atom. The predicted molar refractivity (Wildman–Crippen MR) is 58.2 cm³/mol. The van der Waals surface area contributed by atoms with Gasteiger partial charge in [-0.15, -0.1) is 0 Å². The van der Waals surface area contributed by atoms with Crippen molar-refractivity contribution < 1.29 is 14.3 Å². The molecule has 0 saturated carbocycles. The fraction of sp³-hybridized carbons (Fsp3) is 0.364. The van der Waals surface area contributed by atoms with E-state index in [4.69, 9.17) is 16.7 Å². The molecule has 2 rings (SSSR count). The number of halogens is 2. The summed E-state index contributed by atoms with van der Waals surface area (Å²) in [5.41, 5.74) is 0.680. The van der Waals surface area contributed by atoms with Crippen LogP contribution in [0.3, 0.4) is 0 Å². The van der Waals surface area contributed by atoms with Crippen LogP contribution in [0.25, 0.3) is 0 Å². The first-order valence-corrected chi connectivity index (χ1v) is 5.38. The van der Waals surface area contributed by atoms with Crippen molar-refractivity contribution in [3.05, 3.63) is 34.6 Å². The van der Waals surface area contributed by atoms with E-state index in [1.165, 1.54) is 12.1 Å². The van der Waals surface area contributed by atoms with E-state index in [2.05, 4.69) is 5.32 Å². The molecule has 1 heterocycles. The van der Waals surface area contributed by atoms with E-state index in [0.717, 1.165) is 0 Å². The number of carboxylic acid groups (broad SMARTS) is 1. The molecule has 1 aliphatic rings. The minimum absolute atomic E-state index is 0.0570. The van der Waals surface area contributed by atoms with Crippen LogP contribution in [0.4, 0.5) is 4.39 Å². The highest BCUT2D eigenvalue weighted by molar-refractivity contribution is 6.30. The molecule has 1 aromatic rings. The Labute approximate surface area is 97.2 Å². The first kappa shape index (κ1) is 11.4. The van der Waals surface area contributed by atoms with E-state index < -0.39 is 17.8 Å². The van der Waals surface area contributed by atoms with Crippen LogP contribution in [-0.4, -0.2) is 23.7 Å². The number of nitrogens with one attached hydrogen (secondary N) is 1. The topological polar surface area (TPSA) is 49.3 Å². The molecule has 0 radical (unpaired) electrons. The third-order valence-corrected chi connectivity index (χ3v) is 3.17. The molecule has 16 heavy (non-hydrogen) atoms. The van der Waals surface area contributed by atoms with E-state index in [1.807, 2.05) is 0 Å². The molecule has 2 unspecified atom stereocenters. The number of carboxylic acids is 1. The number of rotatable bonds is 2. The standard InChI is InChI=1S/C11H11ClFNO2/c12-8-2-1-6(5-9(8)13)7-3-4-14-10(7)11(15)16/h1-2,5,7,10,14H,3-4H2,(H,15,16). The lowest BCUT2D eigenvalue weighted by Gasteiger charge is -2.15. The van der Waals surface area contributed by atoms with Crippen LogP contribution in [0.5, 0.6) is 0 Å². The van der Waals surface area contributed by atoms with Crippen molar-refractivity contribution in [2.45, 2.75) is 18.4 Å². The molecule has 0 aromatic heterocycles. The summed E-state index contributed by atoms with van der Waals surface area (Å²) in [6, 6.07) is 3.82. The lowest BCUT2D eigenvalue weighted by atomic mass is 9.92. The Bertz CT molecular complexity index is 424. The SMILES string of the molecule is O=C(O)C1NCCC1c1ccc(Cl)c(F)c1. The molecule has 5 heteroatoms. The van der Waals surface area contributed by atoms with Gasteiger partial charge >= 0.3 is 5.97 Å².